The van der Waals surface area contributed by atoms with E-state index in [4.69, 9.17) is 19.3 Å². The molecule has 0 radical (unpaired) electrons. The van der Waals surface area contributed by atoms with Crippen molar-refractivity contribution >= 4 is 5.90 Å². The van der Waals surface area contributed by atoms with Crippen molar-refractivity contribution in [2.75, 3.05) is 0 Å². The lowest BCUT2D eigenvalue weighted by Crippen LogP contribution is -2.58. The number of hydrogen-bond acceptors (Lipinski definition) is 7. The van der Waals surface area contributed by atoms with Gasteiger partial charge in [0.1, 0.15) is 5.76 Å². The van der Waals surface area contributed by atoms with E-state index in [2.05, 4.69) is 0 Å². The highest BCUT2D eigenvalue weighted by Crippen LogP contribution is 2.66. The Morgan fingerprint density at radius 3 is 2.43 bits per heavy atom. The van der Waals surface area contributed by atoms with Gasteiger partial charge in [-0.25, -0.2) is 0 Å². The first-order chi connectivity index (χ1) is 11.0. The SMILES string of the molecule is CC[C@@]12OC(=N)[C@@](C#N)([C@H]1C)C(C#N)(C#N)[C@H](c1ccco1)O2. The second kappa shape index (κ2) is 4.59. The minimum absolute atomic E-state index is 0.260. The topological polar surface area (TPSA) is 127 Å². The Bertz CT molecular complexity index is 768. The summed E-state index contributed by atoms with van der Waals surface area (Å²) in [6.07, 6.45) is 0.651. The van der Waals surface area contributed by atoms with Gasteiger partial charge >= 0.3 is 0 Å². The fourth-order valence-electron chi connectivity index (χ4n) is 3.74. The first-order valence-corrected chi connectivity index (χ1v) is 7.21. The van der Waals surface area contributed by atoms with E-state index in [1.165, 1.54) is 6.26 Å². The first-order valence-electron chi connectivity index (χ1n) is 7.21. The molecule has 2 aliphatic heterocycles. The van der Waals surface area contributed by atoms with Crippen LogP contribution in [0.25, 0.3) is 0 Å². The van der Waals surface area contributed by atoms with Crippen LogP contribution in [-0.4, -0.2) is 11.7 Å². The van der Waals surface area contributed by atoms with Crippen LogP contribution in [-0.2, 0) is 9.47 Å². The maximum atomic E-state index is 9.87. The molecule has 2 aliphatic rings. The summed E-state index contributed by atoms with van der Waals surface area (Å²) in [4.78, 5) is 0. The zero-order chi connectivity index (χ0) is 16.9. The minimum atomic E-state index is -1.94. The molecule has 0 aromatic carbocycles. The van der Waals surface area contributed by atoms with Crippen LogP contribution in [0.2, 0.25) is 0 Å². The van der Waals surface area contributed by atoms with Crippen molar-refractivity contribution in [1.29, 1.82) is 21.2 Å². The molecule has 116 valence electrons. The maximum Gasteiger partial charge on any atom is 0.217 e. The van der Waals surface area contributed by atoms with Crippen molar-refractivity contribution < 1.29 is 13.9 Å². The van der Waals surface area contributed by atoms with Crippen LogP contribution in [0, 0.1) is 56.2 Å². The third-order valence-electron chi connectivity index (χ3n) is 5.10. The molecule has 2 fully saturated rings. The normalized spacial score (nSPS) is 37.3. The first kappa shape index (κ1) is 15.1. The number of furan rings is 1. The molecule has 3 heterocycles. The van der Waals surface area contributed by atoms with Crippen LogP contribution in [0.4, 0.5) is 0 Å². The average Bonchev–Trinajstić information content (AvgIpc) is 3.14. The van der Waals surface area contributed by atoms with Gasteiger partial charge in [0.05, 0.1) is 30.4 Å². The molecular formula is C16H14N4O3. The van der Waals surface area contributed by atoms with E-state index in [-0.39, 0.29) is 5.76 Å². The van der Waals surface area contributed by atoms with Crippen LogP contribution in [0.3, 0.4) is 0 Å². The van der Waals surface area contributed by atoms with Crippen molar-refractivity contribution in [3.63, 3.8) is 0 Å². The summed E-state index contributed by atoms with van der Waals surface area (Å²) in [7, 11) is 0. The Morgan fingerprint density at radius 1 is 1.26 bits per heavy atom. The van der Waals surface area contributed by atoms with Crippen LogP contribution < -0.4 is 0 Å². The number of fused-ring (bicyclic) bond motifs is 2. The van der Waals surface area contributed by atoms with Gasteiger partial charge in [0.2, 0.25) is 17.1 Å². The Labute approximate surface area is 133 Å². The fraction of sp³-hybridized carbons (Fsp3) is 0.500. The van der Waals surface area contributed by atoms with Gasteiger partial charge in [-0.2, -0.15) is 15.8 Å². The largest absolute Gasteiger partial charge is 0.466 e. The van der Waals surface area contributed by atoms with E-state index < -0.39 is 34.5 Å². The average molecular weight is 310 g/mol. The number of nitriles is 3. The molecule has 4 atom stereocenters. The molecule has 2 bridgehead atoms. The lowest BCUT2D eigenvalue weighted by Gasteiger charge is -2.47. The molecule has 0 spiro atoms. The molecule has 0 amide bonds. The molecule has 1 N–H and O–H groups in total. The zero-order valence-electron chi connectivity index (χ0n) is 12.7. The van der Waals surface area contributed by atoms with Gasteiger partial charge in [-0.3, -0.25) is 5.41 Å². The summed E-state index contributed by atoms with van der Waals surface area (Å²) in [6.45, 7) is 3.48. The van der Waals surface area contributed by atoms with E-state index in [1.54, 1.807) is 19.1 Å². The number of nitrogens with zero attached hydrogens (tertiary/aromatic N) is 3. The van der Waals surface area contributed by atoms with E-state index in [1.807, 2.05) is 25.1 Å². The molecule has 2 saturated heterocycles. The van der Waals surface area contributed by atoms with Crippen molar-refractivity contribution in [3.05, 3.63) is 24.2 Å². The van der Waals surface area contributed by atoms with Crippen LogP contribution in [0.5, 0.6) is 0 Å². The van der Waals surface area contributed by atoms with Gasteiger partial charge in [-0.1, -0.05) is 13.8 Å². The predicted molar refractivity (Wildman–Crippen MR) is 75.2 cm³/mol. The molecule has 7 heteroatoms. The summed E-state index contributed by atoms with van der Waals surface area (Å²) in [5, 5.41) is 37.7. The van der Waals surface area contributed by atoms with Crippen molar-refractivity contribution in [1.82, 2.24) is 0 Å². The summed E-state index contributed by atoms with van der Waals surface area (Å²) in [6, 6.07) is 9.11. The van der Waals surface area contributed by atoms with E-state index in [9.17, 15) is 15.8 Å². The second-order valence-corrected chi connectivity index (χ2v) is 5.78. The molecule has 0 saturated carbocycles. The smallest absolute Gasteiger partial charge is 0.217 e. The monoisotopic (exact) mass is 310 g/mol. The number of nitrogens with one attached hydrogen (secondary N) is 1. The Balaban J connectivity index is 2.35. The van der Waals surface area contributed by atoms with Crippen LogP contribution >= 0.6 is 0 Å². The molecule has 0 unspecified atom stereocenters. The third-order valence-corrected chi connectivity index (χ3v) is 5.10. The van der Waals surface area contributed by atoms with Gasteiger partial charge in [-0.05, 0) is 12.1 Å². The second-order valence-electron chi connectivity index (χ2n) is 5.78. The molecule has 1 aromatic rings. The van der Waals surface area contributed by atoms with Crippen molar-refractivity contribution in [2.45, 2.75) is 32.2 Å². The predicted octanol–water partition coefficient (Wildman–Crippen LogP) is 2.64. The minimum Gasteiger partial charge on any atom is -0.466 e. The van der Waals surface area contributed by atoms with Gasteiger partial charge < -0.3 is 13.9 Å². The maximum absolute atomic E-state index is 9.87. The summed E-state index contributed by atoms with van der Waals surface area (Å²) >= 11 is 0. The van der Waals surface area contributed by atoms with Gasteiger partial charge in [-0.15, -0.1) is 0 Å². The molecule has 7 nitrogen and oxygen atoms in total. The number of ether oxygens (including phenoxy) is 2. The molecule has 23 heavy (non-hydrogen) atoms. The summed E-state index contributed by atoms with van der Waals surface area (Å²) in [5.41, 5.74) is -3.66. The van der Waals surface area contributed by atoms with E-state index in [0.29, 0.717) is 6.42 Å². The highest BCUT2D eigenvalue weighted by atomic mass is 16.7. The van der Waals surface area contributed by atoms with E-state index >= 15 is 0 Å². The number of rotatable bonds is 2. The van der Waals surface area contributed by atoms with E-state index in [0.717, 1.165) is 0 Å². The standard InChI is InChI=1S/C16H14N4O3/c1-3-16-10(2)15(9-19,13(20)23-16)14(7-17,8-18)12(22-16)11-5-4-6-21-11/h4-6,10,12,20H,3H2,1-2H3/t10-,12+,15-,16-/m1/s1. The highest BCUT2D eigenvalue weighted by molar-refractivity contribution is 5.89. The van der Waals surface area contributed by atoms with Gasteiger partial charge in [0, 0.05) is 6.42 Å². The Kier molecular flexibility index (Phi) is 3.01. The quantitative estimate of drug-likeness (QED) is 0.894. The van der Waals surface area contributed by atoms with Gasteiger partial charge in [0.25, 0.3) is 0 Å². The summed E-state index contributed by atoms with van der Waals surface area (Å²) < 4.78 is 17.0. The summed E-state index contributed by atoms with van der Waals surface area (Å²) in [5.74, 6) is -2.02. The van der Waals surface area contributed by atoms with Crippen molar-refractivity contribution in [2.24, 2.45) is 16.7 Å². The molecule has 1 aromatic heterocycles. The Morgan fingerprint density at radius 2 is 1.96 bits per heavy atom. The highest BCUT2D eigenvalue weighted by Gasteiger charge is 2.79. The molecule has 3 rings (SSSR count). The van der Waals surface area contributed by atoms with Crippen molar-refractivity contribution in [3.8, 4) is 18.2 Å². The van der Waals surface area contributed by atoms with Crippen LogP contribution in [0.15, 0.2) is 22.8 Å². The lowest BCUT2D eigenvalue weighted by molar-refractivity contribution is -0.283. The molecule has 0 aliphatic carbocycles. The lowest BCUT2D eigenvalue weighted by atomic mass is 9.54. The molecular weight excluding hydrogens is 296 g/mol. The van der Waals surface area contributed by atoms with Gasteiger partial charge in [0.15, 0.2) is 11.5 Å². The third kappa shape index (κ3) is 1.42. The zero-order valence-corrected chi connectivity index (χ0v) is 12.7. The fourth-order valence-corrected chi connectivity index (χ4v) is 3.74. The van der Waals surface area contributed by atoms with Crippen LogP contribution in [0.1, 0.15) is 32.1 Å². The number of hydrogen-bond donors (Lipinski definition) is 1. The Hall–Kier alpha value is -2.82.